The van der Waals surface area contributed by atoms with E-state index in [1.54, 1.807) is 29.4 Å². The van der Waals surface area contributed by atoms with Gasteiger partial charge in [0.15, 0.2) is 0 Å². The van der Waals surface area contributed by atoms with Crippen LogP contribution < -0.4 is 10.5 Å². The molecule has 0 bridgehead atoms. The summed E-state index contributed by atoms with van der Waals surface area (Å²) in [7, 11) is 0. The third kappa shape index (κ3) is 9.66. The number of nitrogens with zero attached hydrogens (tertiary/aromatic N) is 4. The van der Waals surface area contributed by atoms with Gasteiger partial charge in [0, 0.05) is 38.2 Å². The van der Waals surface area contributed by atoms with Crippen molar-refractivity contribution < 1.29 is 24.2 Å². The predicted molar refractivity (Wildman–Crippen MR) is 181 cm³/mol. The van der Waals surface area contributed by atoms with Crippen LogP contribution in [0.3, 0.4) is 0 Å². The molecule has 1 atom stereocenters. The zero-order valence-electron chi connectivity index (χ0n) is 26.8. The zero-order chi connectivity index (χ0) is 32.9. The lowest BCUT2D eigenvalue weighted by molar-refractivity contribution is -0.148. The summed E-state index contributed by atoms with van der Waals surface area (Å²) in [5.74, 6) is -0.878. The van der Waals surface area contributed by atoms with Gasteiger partial charge in [0.1, 0.15) is 21.8 Å². The molecule has 3 rings (SSSR count). The van der Waals surface area contributed by atoms with E-state index in [2.05, 4.69) is 6.07 Å². The maximum Gasteiger partial charge on any atom is 0.310 e. The summed E-state index contributed by atoms with van der Waals surface area (Å²) in [6.45, 7) is 7.73. The Morgan fingerprint density at radius 3 is 2.38 bits per heavy atom. The smallest absolute Gasteiger partial charge is 0.310 e. The molecular formula is C33H46N4O6S2. The van der Waals surface area contributed by atoms with Crippen LogP contribution in [0.25, 0.3) is 6.08 Å². The summed E-state index contributed by atoms with van der Waals surface area (Å²) in [5, 5.41) is 18.7. The average molecular weight is 659 g/mol. The number of aliphatic carboxylic acids is 1. The van der Waals surface area contributed by atoms with Crippen molar-refractivity contribution in [2.75, 3.05) is 31.1 Å². The molecule has 45 heavy (non-hydrogen) atoms. The molecule has 2 fully saturated rings. The summed E-state index contributed by atoms with van der Waals surface area (Å²) in [6, 6.07) is 2.09. The molecular weight excluding hydrogens is 613 g/mol. The molecule has 2 aliphatic heterocycles. The molecule has 246 valence electrons. The third-order valence-corrected chi connectivity index (χ3v) is 9.68. The first-order chi connectivity index (χ1) is 21.6. The molecule has 0 saturated carbocycles. The summed E-state index contributed by atoms with van der Waals surface area (Å²) in [4.78, 5) is 54.5. The molecule has 0 aromatic carbocycles. The first-order valence-electron chi connectivity index (χ1n) is 16.2. The van der Waals surface area contributed by atoms with Crippen LogP contribution in [0.15, 0.2) is 9.70 Å². The maximum absolute atomic E-state index is 13.6. The fourth-order valence-corrected chi connectivity index (χ4v) is 7.26. The highest BCUT2D eigenvalue weighted by Crippen LogP contribution is 2.37. The Kier molecular flexibility index (Phi) is 14.6. The van der Waals surface area contributed by atoms with Gasteiger partial charge in [0.25, 0.3) is 11.5 Å². The minimum atomic E-state index is -0.741. The summed E-state index contributed by atoms with van der Waals surface area (Å²) in [6.07, 6.45) is 11.8. The van der Waals surface area contributed by atoms with E-state index >= 15 is 0 Å². The number of thioether (sulfide) groups is 1. The van der Waals surface area contributed by atoms with E-state index in [0.29, 0.717) is 71.8 Å². The quantitative estimate of drug-likeness (QED) is 0.0918. The van der Waals surface area contributed by atoms with E-state index in [0.717, 1.165) is 57.8 Å². The number of ether oxygens (including phenoxy) is 1. The van der Waals surface area contributed by atoms with E-state index in [1.165, 1.54) is 11.8 Å². The minimum Gasteiger partial charge on any atom is -0.481 e. The number of nitriles is 1. The minimum absolute atomic E-state index is 0.0507. The predicted octanol–water partition coefficient (Wildman–Crippen LogP) is 6.01. The van der Waals surface area contributed by atoms with Crippen LogP contribution >= 0.6 is 24.0 Å². The Morgan fingerprint density at radius 1 is 1.09 bits per heavy atom. The van der Waals surface area contributed by atoms with Crippen molar-refractivity contribution in [1.82, 2.24) is 9.47 Å². The van der Waals surface area contributed by atoms with Crippen molar-refractivity contribution >= 4 is 58.0 Å². The number of amides is 1. The number of thiocarbonyl (C=S) groups is 1. The van der Waals surface area contributed by atoms with Crippen LogP contribution in [0.4, 0.5) is 5.82 Å². The SMILES string of the molecule is CCCn1c(N2CCCC(C(=O)OCC)C2)c(/C=C2/SC(=S)N(CCCCCCCCCCC(=O)O)C2=O)c(C)c(C#N)c1=O. The lowest BCUT2D eigenvalue weighted by Gasteiger charge is -2.36. The first kappa shape index (κ1) is 36.3. The number of pyridine rings is 1. The fraction of sp³-hybridized carbons (Fsp3) is 0.636. The molecule has 3 heterocycles. The molecule has 0 aliphatic carbocycles. The lowest BCUT2D eigenvalue weighted by Crippen LogP contribution is -2.43. The number of unbranched alkanes of at least 4 members (excludes halogenated alkanes) is 7. The molecule has 12 heteroatoms. The highest BCUT2D eigenvalue weighted by Gasteiger charge is 2.34. The van der Waals surface area contributed by atoms with Gasteiger partial charge < -0.3 is 14.7 Å². The molecule has 2 saturated heterocycles. The number of anilines is 1. The van der Waals surface area contributed by atoms with Crippen LogP contribution in [0.1, 0.15) is 108 Å². The van der Waals surface area contributed by atoms with E-state index in [4.69, 9.17) is 22.1 Å². The highest BCUT2D eigenvalue weighted by molar-refractivity contribution is 8.26. The van der Waals surface area contributed by atoms with E-state index in [9.17, 15) is 24.4 Å². The molecule has 1 N–H and O–H groups in total. The normalized spacial score (nSPS) is 17.6. The second-order valence-electron chi connectivity index (χ2n) is 11.6. The molecule has 10 nitrogen and oxygen atoms in total. The van der Waals surface area contributed by atoms with Crippen LogP contribution in [0, 0.1) is 24.2 Å². The van der Waals surface area contributed by atoms with Gasteiger partial charge in [0.05, 0.1) is 17.4 Å². The van der Waals surface area contributed by atoms with Crippen molar-refractivity contribution in [1.29, 1.82) is 5.26 Å². The van der Waals surface area contributed by atoms with E-state index in [1.807, 2.05) is 11.8 Å². The van der Waals surface area contributed by atoms with Crippen molar-refractivity contribution in [2.24, 2.45) is 5.92 Å². The number of hydrogen-bond acceptors (Lipinski definition) is 9. The van der Waals surface area contributed by atoms with Crippen molar-refractivity contribution in [3.05, 3.63) is 31.9 Å². The summed E-state index contributed by atoms with van der Waals surface area (Å²) < 4.78 is 7.42. The number of hydrogen-bond donors (Lipinski definition) is 1. The van der Waals surface area contributed by atoms with Crippen LogP contribution in [-0.2, 0) is 25.7 Å². The second-order valence-corrected chi connectivity index (χ2v) is 13.3. The Hall–Kier alpha value is -3.17. The van der Waals surface area contributed by atoms with Crippen molar-refractivity contribution in [2.45, 2.75) is 104 Å². The molecule has 2 aliphatic rings. The summed E-state index contributed by atoms with van der Waals surface area (Å²) in [5.41, 5.74) is 0.828. The van der Waals surface area contributed by atoms with Crippen LogP contribution in [0.5, 0.6) is 0 Å². The Balaban J connectivity index is 1.79. The standard InChI is InChI=1S/C33H46N4O6S2/c1-4-17-36-29(35-18-14-15-24(22-35)32(42)43-5-2)25(23(3)26(21-34)30(36)40)20-27-31(41)37(33(44)45-27)19-13-11-9-7-6-8-10-12-16-28(38)39/h20,24H,4-19,22H2,1-3H3,(H,38,39)/b27-20+. The maximum atomic E-state index is 13.6. The Bertz CT molecular complexity index is 1380. The van der Waals surface area contributed by atoms with Gasteiger partial charge in [-0.1, -0.05) is 69.4 Å². The van der Waals surface area contributed by atoms with Crippen LogP contribution in [-0.4, -0.2) is 63.0 Å². The molecule has 0 spiro atoms. The van der Waals surface area contributed by atoms with E-state index < -0.39 is 5.97 Å². The van der Waals surface area contributed by atoms with Gasteiger partial charge >= 0.3 is 11.9 Å². The number of carboxylic acid groups (broad SMARTS) is 1. The largest absolute Gasteiger partial charge is 0.481 e. The number of esters is 1. The van der Waals surface area contributed by atoms with Gasteiger partial charge in [-0.05, 0) is 57.6 Å². The second kappa shape index (κ2) is 18.1. The third-order valence-electron chi connectivity index (χ3n) is 8.31. The van der Waals surface area contributed by atoms with E-state index in [-0.39, 0.29) is 35.3 Å². The number of carbonyl (C=O) groups excluding carboxylic acids is 2. The molecule has 1 amide bonds. The van der Waals surface area contributed by atoms with Gasteiger partial charge in [-0.25, -0.2) is 0 Å². The topological polar surface area (TPSA) is 133 Å². The number of rotatable bonds is 17. The Labute approximate surface area is 275 Å². The van der Waals surface area contributed by atoms with Crippen LogP contribution in [0.2, 0.25) is 0 Å². The molecule has 1 aromatic rings. The van der Waals surface area contributed by atoms with Gasteiger partial charge in [-0.15, -0.1) is 0 Å². The van der Waals surface area contributed by atoms with Gasteiger partial charge in [-0.2, -0.15) is 5.26 Å². The first-order valence-corrected chi connectivity index (χ1v) is 17.4. The number of carbonyl (C=O) groups is 3. The number of aromatic nitrogens is 1. The van der Waals surface area contributed by atoms with Gasteiger partial charge in [0.2, 0.25) is 0 Å². The van der Waals surface area contributed by atoms with Crippen molar-refractivity contribution in [3.63, 3.8) is 0 Å². The molecule has 1 aromatic heterocycles. The monoisotopic (exact) mass is 658 g/mol. The zero-order valence-corrected chi connectivity index (χ0v) is 28.4. The average Bonchev–Trinajstić information content (AvgIpc) is 3.28. The summed E-state index contributed by atoms with van der Waals surface area (Å²) >= 11 is 6.84. The number of piperidine rings is 1. The molecule has 0 radical (unpaired) electrons. The van der Waals surface area contributed by atoms with Gasteiger partial charge in [-0.3, -0.25) is 28.6 Å². The number of carboxylic acids is 1. The molecule has 1 unspecified atom stereocenters. The Morgan fingerprint density at radius 2 is 1.76 bits per heavy atom. The highest BCUT2D eigenvalue weighted by atomic mass is 32.2. The van der Waals surface area contributed by atoms with Crippen molar-refractivity contribution in [3.8, 4) is 6.07 Å². The fourth-order valence-electron chi connectivity index (χ4n) is 5.97. The lowest BCUT2D eigenvalue weighted by atomic mass is 9.96.